The summed E-state index contributed by atoms with van der Waals surface area (Å²) < 4.78 is 45.2. The summed E-state index contributed by atoms with van der Waals surface area (Å²) in [5.74, 6) is -2.47. The molecule has 20 atom stereocenters. The fraction of sp³-hybridized carbons (Fsp3) is 0.931. The van der Waals surface area contributed by atoms with E-state index in [1.54, 1.807) is 0 Å². The summed E-state index contributed by atoms with van der Waals surface area (Å²) in [5.41, 5.74) is 0. The molecule has 21 heteroatoms. The molecule has 0 aromatic heterocycles. The quantitative estimate of drug-likeness (QED) is 0.0890. The predicted octanol–water partition coefficient (Wildman–Crippen LogP) is -6.02. The Balaban J connectivity index is 1.59. The molecular formula is C29H49NO20. The number of carbonyl (C=O) groups excluding carboxylic acids is 1. The van der Waals surface area contributed by atoms with Crippen LogP contribution in [0.5, 0.6) is 0 Å². The molecule has 11 N–H and O–H groups in total. The molecule has 0 aromatic rings. The number of nitrogens with one attached hydrogen (secondary N) is 1. The second kappa shape index (κ2) is 17.4. The average Bonchev–Trinajstić information content (AvgIpc) is 3.06. The third-order valence-corrected chi connectivity index (χ3v) is 8.96. The van der Waals surface area contributed by atoms with E-state index in [-0.39, 0.29) is 6.61 Å². The normalized spacial score (nSPS) is 48.6. The highest BCUT2D eigenvalue weighted by atomic mass is 16.8. The Labute approximate surface area is 286 Å². The molecule has 18 unspecified atom stereocenters. The van der Waals surface area contributed by atoms with Crippen molar-refractivity contribution in [1.29, 1.82) is 0 Å². The van der Waals surface area contributed by atoms with E-state index >= 15 is 0 Å². The van der Waals surface area contributed by atoms with Gasteiger partial charge in [-0.3, -0.25) is 4.79 Å². The maximum atomic E-state index is 12.4. The predicted molar refractivity (Wildman–Crippen MR) is 157 cm³/mol. The number of aliphatic hydroxyl groups excluding tert-OH is 9. The highest BCUT2D eigenvalue weighted by Gasteiger charge is 2.56. The lowest BCUT2D eigenvalue weighted by Gasteiger charge is -2.49. The maximum absolute atomic E-state index is 12.4. The van der Waals surface area contributed by atoms with Crippen molar-refractivity contribution in [3.63, 3.8) is 0 Å². The molecule has 0 radical (unpaired) electrons. The molecule has 0 aliphatic carbocycles. The van der Waals surface area contributed by atoms with E-state index in [0.717, 1.165) is 6.92 Å². The zero-order chi connectivity index (χ0) is 37.2. The van der Waals surface area contributed by atoms with Gasteiger partial charge in [0.2, 0.25) is 5.91 Å². The van der Waals surface area contributed by atoms with Gasteiger partial charge in [0.05, 0.1) is 18.8 Å². The van der Waals surface area contributed by atoms with E-state index in [4.69, 9.17) is 37.9 Å². The lowest BCUT2D eigenvalue weighted by atomic mass is 9.94. The molecular weight excluding hydrogens is 682 g/mol. The minimum Gasteiger partial charge on any atom is -0.479 e. The smallest absolute Gasteiger partial charge is 0.335 e. The number of hydrogen-bond donors (Lipinski definition) is 11. The Morgan fingerprint density at radius 2 is 1.16 bits per heavy atom. The van der Waals surface area contributed by atoms with Crippen LogP contribution in [0, 0.1) is 0 Å². The highest BCUT2D eigenvalue weighted by molar-refractivity contribution is 5.74. The molecule has 0 spiro atoms. The van der Waals surface area contributed by atoms with Gasteiger partial charge >= 0.3 is 5.97 Å². The lowest BCUT2D eigenvalue weighted by Crippen LogP contribution is -2.70. The SMILES string of the molecule is CCCOC1OC(C)C(O)C(O)C1OC1OC(CO)C(O)C(OC2OC(C(=O)O)C(O[C@@H]3O[C@@H](C)C(O)C(O)C3O)C(O)C2O)C1NC(C)=O. The summed E-state index contributed by atoms with van der Waals surface area (Å²) in [4.78, 5) is 24.7. The molecule has 0 bridgehead atoms. The zero-order valence-corrected chi connectivity index (χ0v) is 27.7. The summed E-state index contributed by atoms with van der Waals surface area (Å²) in [6.45, 7) is 5.03. The Bertz CT molecular complexity index is 1120. The third-order valence-electron chi connectivity index (χ3n) is 8.96. The van der Waals surface area contributed by atoms with Crippen LogP contribution < -0.4 is 5.32 Å². The van der Waals surface area contributed by atoms with Gasteiger partial charge in [-0.15, -0.1) is 0 Å². The van der Waals surface area contributed by atoms with Gasteiger partial charge in [-0.1, -0.05) is 6.92 Å². The van der Waals surface area contributed by atoms with Gasteiger partial charge in [-0.05, 0) is 20.3 Å². The minimum atomic E-state index is -2.14. The molecule has 4 saturated heterocycles. The van der Waals surface area contributed by atoms with Crippen LogP contribution in [0.25, 0.3) is 0 Å². The van der Waals surface area contributed by atoms with Gasteiger partial charge in [0.15, 0.2) is 31.3 Å². The molecule has 21 nitrogen and oxygen atoms in total. The summed E-state index contributed by atoms with van der Waals surface area (Å²) in [6.07, 6.45) is -31.4. The Morgan fingerprint density at radius 3 is 1.74 bits per heavy atom. The number of rotatable bonds is 12. The molecule has 1 amide bonds. The molecule has 4 aliphatic heterocycles. The molecule has 0 aromatic carbocycles. The van der Waals surface area contributed by atoms with Gasteiger partial charge in [-0.25, -0.2) is 4.79 Å². The number of carbonyl (C=O) groups is 2. The van der Waals surface area contributed by atoms with Gasteiger partial charge in [-0.2, -0.15) is 0 Å². The van der Waals surface area contributed by atoms with Crippen molar-refractivity contribution in [1.82, 2.24) is 5.32 Å². The minimum absolute atomic E-state index is 0.159. The van der Waals surface area contributed by atoms with Crippen molar-refractivity contribution < 1.29 is 98.5 Å². The van der Waals surface area contributed by atoms with Crippen molar-refractivity contribution in [2.45, 2.75) is 157 Å². The second-order valence-electron chi connectivity index (χ2n) is 12.7. The van der Waals surface area contributed by atoms with E-state index in [2.05, 4.69) is 5.32 Å². The Morgan fingerprint density at radius 1 is 0.640 bits per heavy atom. The first-order valence-corrected chi connectivity index (χ1v) is 16.3. The summed E-state index contributed by atoms with van der Waals surface area (Å²) in [6, 6.07) is -1.55. The number of carboxylic acid groups (broad SMARTS) is 1. The number of ether oxygens (including phenoxy) is 8. The maximum Gasteiger partial charge on any atom is 0.335 e. The standard InChI is InChI=1S/C29H49NO20/c1-5-6-43-29-23(17(37)14(34)9(3)45-29)49-26-12(30-10(4)32)21(15(35)11(7-31)46-26)47-28-20(40)18(38)22(24(50-28)25(41)42)48-27-19(39)16(36)13(33)8(2)44-27/h8-9,11-24,26-29,31,33-40H,5-7H2,1-4H3,(H,30,32)(H,41,42)/t8-,9?,11?,12?,13?,14?,15?,16?,17?,18?,19?,20?,21?,22?,23?,24?,26?,27-,28?,29?/m0/s1. The van der Waals surface area contributed by atoms with Crippen molar-refractivity contribution in [2.24, 2.45) is 0 Å². The fourth-order valence-corrected chi connectivity index (χ4v) is 6.14. The van der Waals surface area contributed by atoms with Crippen LogP contribution in [-0.4, -0.2) is 199 Å². The summed E-state index contributed by atoms with van der Waals surface area (Å²) in [7, 11) is 0. The van der Waals surface area contributed by atoms with E-state index in [1.807, 2.05) is 6.92 Å². The molecule has 4 rings (SSSR count). The van der Waals surface area contributed by atoms with Crippen LogP contribution in [0.1, 0.15) is 34.1 Å². The van der Waals surface area contributed by atoms with Crippen LogP contribution in [0.4, 0.5) is 0 Å². The largest absolute Gasteiger partial charge is 0.479 e. The average molecular weight is 732 g/mol. The van der Waals surface area contributed by atoms with Crippen LogP contribution in [0.2, 0.25) is 0 Å². The van der Waals surface area contributed by atoms with Crippen molar-refractivity contribution >= 4 is 11.9 Å². The number of aliphatic carboxylic acids is 1. The molecule has 290 valence electrons. The van der Waals surface area contributed by atoms with Crippen molar-refractivity contribution in [3.8, 4) is 0 Å². The monoisotopic (exact) mass is 731 g/mol. The number of aliphatic hydroxyl groups is 9. The third kappa shape index (κ3) is 8.72. The van der Waals surface area contributed by atoms with Crippen molar-refractivity contribution in [3.05, 3.63) is 0 Å². The summed E-state index contributed by atoms with van der Waals surface area (Å²) >= 11 is 0. The topological polar surface area (TPSA) is 322 Å². The molecule has 0 saturated carbocycles. The van der Waals surface area contributed by atoms with Gasteiger partial charge in [0, 0.05) is 13.5 Å². The molecule has 4 fully saturated rings. The Hall–Kier alpha value is -1.74. The van der Waals surface area contributed by atoms with Gasteiger partial charge in [0.25, 0.3) is 0 Å². The van der Waals surface area contributed by atoms with Crippen LogP contribution in [0.15, 0.2) is 0 Å². The number of amides is 1. The first kappa shape index (κ1) is 41.0. The molecule has 4 aliphatic rings. The second-order valence-corrected chi connectivity index (χ2v) is 12.7. The first-order chi connectivity index (χ1) is 23.5. The molecule has 50 heavy (non-hydrogen) atoms. The highest BCUT2D eigenvalue weighted by Crippen LogP contribution is 2.34. The van der Waals surface area contributed by atoms with Gasteiger partial charge < -0.3 is 94.3 Å². The first-order valence-electron chi connectivity index (χ1n) is 16.3. The van der Waals surface area contributed by atoms with Crippen molar-refractivity contribution in [2.75, 3.05) is 13.2 Å². The zero-order valence-electron chi connectivity index (χ0n) is 27.7. The Kier molecular flexibility index (Phi) is 14.3. The fourth-order valence-electron chi connectivity index (χ4n) is 6.14. The van der Waals surface area contributed by atoms with E-state index < -0.39 is 141 Å². The van der Waals surface area contributed by atoms with Gasteiger partial charge in [0.1, 0.15) is 79.3 Å². The van der Waals surface area contributed by atoms with Crippen LogP contribution in [0.3, 0.4) is 0 Å². The van der Waals surface area contributed by atoms with E-state index in [0.29, 0.717) is 6.42 Å². The van der Waals surface area contributed by atoms with Crippen LogP contribution >= 0.6 is 0 Å². The van der Waals surface area contributed by atoms with E-state index in [1.165, 1.54) is 13.8 Å². The molecule has 4 heterocycles. The number of hydrogen-bond acceptors (Lipinski definition) is 19. The summed E-state index contributed by atoms with van der Waals surface area (Å²) in [5, 5.41) is 108. The van der Waals surface area contributed by atoms with Crippen LogP contribution in [-0.2, 0) is 47.5 Å². The van der Waals surface area contributed by atoms with E-state index in [9.17, 15) is 60.7 Å². The lowest BCUT2D eigenvalue weighted by molar-refractivity contribution is -0.376. The number of carboxylic acids is 1.